The van der Waals surface area contributed by atoms with Crippen molar-refractivity contribution in [3.63, 3.8) is 0 Å². The number of hydrogen-bond acceptors (Lipinski definition) is 5. The van der Waals surface area contributed by atoms with Gasteiger partial charge in [-0.05, 0) is 14.0 Å². The van der Waals surface area contributed by atoms with Crippen LogP contribution in [0.1, 0.15) is 12.5 Å². The van der Waals surface area contributed by atoms with Crippen LogP contribution in [-0.2, 0) is 21.3 Å². The van der Waals surface area contributed by atoms with Gasteiger partial charge in [-0.1, -0.05) is 0 Å². The summed E-state index contributed by atoms with van der Waals surface area (Å²) in [5.74, 6) is 0. The van der Waals surface area contributed by atoms with E-state index in [2.05, 4.69) is 15.5 Å². The lowest BCUT2D eigenvalue weighted by Crippen LogP contribution is -2.47. The fourth-order valence-electron chi connectivity index (χ4n) is 2.03. The van der Waals surface area contributed by atoms with Crippen molar-refractivity contribution < 1.29 is 13.2 Å². The Bertz CT molecular complexity index is 499. The molecule has 0 aliphatic carbocycles. The van der Waals surface area contributed by atoms with Crippen molar-refractivity contribution in [3.05, 3.63) is 11.8 Å². The summed E-state index contributed by atoms with van der Waals surface area (Å²) >= 11 is 0. The van der Waals surface area contributed by atoms with E-state index in [1.807, 2.05) is 6.92 Å². The fourth-order valence-corrected chi connectivity index (χ4v) is 3.73. The first-order valence-electron chi connectivity index (χ1n) is 5.83. The van der Waals surface area contributed by atoms with Crippen LogP contribution in [0.5, 0.6) is 0 Å². The van der Waals surface area contributed by atoms with Crippen molar-refractivity contribution in [3.8, 4) is 0 Å². The topological polar surface area (TPSA) is 87.3 Å². The highest BCUT2D eigenvalue weighted by Crippen LogP contribution is 2.21. The highest BCUT2D eigenvalue weighted by atomic mass is 32.2. The van der Waals surface area contributed by atoms with Crippen LogP contribution in [0.25, 0.3) is 0 Å². The quantitative estimate of drug-likeness (QED) is 0.775. The van der Waals surface area contributed by atoms with Gasteiger partial charge < -0.3 is 10.1 Å². The molecule has 1 aromatic rings. The van der Waals surface area contributed by atoms with Crippen LogP contribution < -0.4 is 5.32 Å². The van der Waals surface area contributed by atoms with E-state index < -0.39 is 10.0 Å². The third kappa shape index (κ3) is 2.41. The summed E-state index contributed by atoms with van der Waals surface area (Å²) in [6.07, 6.45) is 1.54. The number of hydrogen-bond donors (Lipinski definition) is 2. The third-order valence-corrected chi connectivity index (χ3v) is 4.95. The van der Waals surface area contributed by atoms with Gasteiger partial charge in [-0.2, -0.15) is 9.40 Å². The monoisotopic (exact) mass is 274 g/mol. The maximum atomic E-state index is 12.5. The Morgan fingerprint density at radius 1 is 1.67 bits per heavy atom. The standard InChI is InChI=1S/C10H18N4O3S/c1-8-7-17-4-3-14(8)18(15,16)10-9(5-11-2)6-12-13-10/h6,8,11H,3-5,7H2,1-2H3,(H,12,13). The molecule has 1 aliphatic heterocycles. The van der Waals surface area contributed by atoms with Gasteiger partial charge in [0.05, 0.1) is 19.4 Å². The lowest BCUT2D eigenvalue weighted by atomic mass is 10.3. The molecular weight excluding hydrogens is 256 g/mol. The van der Waals surface area contributed by atoms with E-state index in [0.717, 1.165) is 0 Å². The Balaban J connectivity index is 2.32. The Kier molecular flexibility index (Phi) is 4.00. The SMILES string of the molecule is CNCc1cn[nH]c1S(=O)(=O)N1CCOCC1C. The van der Waals surface area contributed by atoms with E-state index in [4.69, 9.17) is 4.74 Å². The number of nitrogens with zero attached hydrogens (tertiary/aromatic N) is 2. The molecule has 7 nitrogen and oxygen atoms in total. The second kappa shape index (κ2) is 5.35. The van der Waals surface area contributed by atoms with Gasteiger partial charge in [0.15, 0.2) is 5.03 Å². The van der Waals surface area contributed by atoms with Crippen molar-refractivity contribution in [2.24, 2.45) is 0 Å². The molecule has 0 amide bonds. The lowest BCUT2D eigenvalue weighted by molar-refractivity contribution is 0.0391. The van der Waals surface area contributed by atoms with Crippen molar-refractivity contribution in [1.29, 1.82) is 0 Å². The molecule has 1 aromatic heterocycles. The van der Waals surface area contributed by atoms with Crippen LogP contribution in [0, 0.1) is 0 Å². The van der Waals surface area contributed by atoms with E-state index in [1.165, 1.54) is 10.5 Å². The minimum atomic E-state index is -3.53. The summed E-state index contributed by atoms with van der Waals surface area (Å²) in [6, 6.07) is -0.158. The minimum absolute atomic E-state index is 0.158. The van der Waals surface area contributed by atoms with Crippen LogP contribution in [0.15, 0.2) is 11.2 Å². The largest absolute Gasteiger partial charge is 0.378 e. The molecule has 0 bridgehead atoms. The molecule has 18 heavy (non-hydrogen) atoms. The zero-order valence-electron chi connectivity index (χ0n) is 10.5. The molecule has 2 rings (SSSR count). The highest BCUT2D eigenvalue weighted by Gasteiger charge is 2.34. The highest BCUT2D eigenvalue weighted by molar-refractivity contribution is 7.89. The van der Waals surface area contributed by atoms with Crippen LogP contribution in [0.2, 0.25) is 0 Å². The first-order valence-corrected chi connectivity index (χ1v) is 7.28. The zero-order chi connectivity index (χ0) is 13.2. The van der Waals surface area contributed by atoms with Gasteiger partial charge in [-0.25, -0.2) is 8.42 Å². The number of sulfonamides is 1. The van der Waals surface area contributed by atoms with Crippen molar-refractivity contribution >= 4 is 10.0 Å². The number of ether oxygens (including phenoxy) is 1. The van der Waals surface area contributed by atoms with Crippen molar-refractivity contribution in [1.82, 2.24) is 19.8 Å². The summed E-state index contributed by atoms with van der Waals surface area (Å²) in [5, 5.41) is 9.51. The Hall–Kier alpha value is -0.960. The van der Waals surface area contributed by atoms with Gasteiger partial charge in [0.25, 0.3) is 10.0 Å². The molecule has 0 radical (unpaired) electrons. The number of aromatic nitrogens is 2. The van der Waals surface area contributed by atoms with Crippen LogP contribution in [0.4, 0.5) is 0 Å². The normalized spacial score (nSPS) is 22.2. The van der Waals surface area contributed by atoms with Gasteiger partial charge in [0, 0.05) is 24.7 Å². The third-order valence-electron chi connectivity index (χ3n) is 2.92. The molecule has 1 atom stereocenters. The molecule has 0 saturated carbocycles. The number of nitrogens with one attached hydrogen (secondary N) is 2. The Morgan fingerprint density at radius 2 is 2.44 bits per heavy atom. The number of aromatic amines is 1. The van der Waals surface area contributed by atoms with Gasteiger partial charge in [0.2, 0.25) is 0 Å². The molecule has 2 N–H and O–H groups in total. The molecule has 0 spiro atoms. The second-order valence-electron chi connectivity index (χ2n) is 4.29. The molecule has 0 aromatic carbocycles. The van der Waals surface area contributed by atoms with Gasteiger partial charge in [-0.3, -0.25) is 5.10 Å². The minimum Gasteiger partial charge on any atom is -0.378 e. The van der Waals surface area contributed by atoms with Gasteiger partial charge in [-0.15, -0.1) is 0 Å². The van der Waals surface area contributed by atoms with E-state index in [9.17, 15) is 8.42 Å². The molecule has 2 heterocycles. The van der Waals surface area contributed by atoms with Crippen LogP contribution in [-0.4, -0.2) is 55.8 Å². The van der Waals surface area contributed by atoms with Crippen LogP contribution >= 0.6 is 0 Å². The molecule has 8 heteroatoms. The number of rotatable bonds is 4. The van der Waals surface area contributed by atoms with E-state index in [1.54, 1.807) is 7.05 Å². The smallest absolute Gasteiger partial charge is 0.260 e. The average Bonchev–Trinajstić information content (AvgIpc) is 2.79. The number of H-pyrrole nitrogens is 1. The van der Waals surface area contributed by atoms with Crippen molar-refractivity contribution in [2.45, 2.75) is 24.5 Å². The molecule has 1 fully saturated rings. The maximum absolute atomic E-state index is 12.5. The Morgan fingerprint density at radius 3 is 3.11 bits per heavy atom. The molecule has 1 saturated heterocycles. The Labute approximate surface area is 107 Å². The summed E-state index contributed by atoms with van der Waals surface area (Å²) < 4.78 is 31.8. The summed E-state index contributed by atoms with van der Waals surface area (Å²) in [6.45, 7) is 3.53. The first kappa shape index (κ1) is 13.5. The van der Waals surface area contributed by atoms with E-state index in [-0.39, 0.29) is 11.1 Å². The molecule has 1 aliphatic rings. The molecule has 102 valence electrons. The first-order chi connectivity index (χ1) is 8.57. The maximum Gasteiger partial charge on any atom is 0.260 e. The predicted molar refractivity (Wildman–Crippen MR) is 65.5 cm³/mol. The van der Waals surface area contributed by atoms with E-state index in [0.29, 0.717) is 31.9 Å². The second-order valence-corrected chi connectivity index (χ2v) is 6.12. The molecular formula is C10H18N4O3S. The number of morpholine rings is 1. The summed E-state index contributed by atoms with van der Waals surface area (Å²) in [7, 11) is -1.76. The van der Waals surface area contributed by atoms with E-state index >= 15 is 0 Å². The fraction of sp³-hybridized carbons (Fsp3) is 0.700. The lowest BCUT2D eigenvalue weighted by Gasteiger charge is -2.31. The average molecular weight is 274 g/mol. The van der Waals surface area contributed by atoms with Gasteiger partial charge >= 0.3 is 0 Å². The van der Waals surface area contributed by atoms with Crippen molar-refractivity contribution in [2.75, 3.05) is 26.8 Å². The summed E-state index contributed by atoms with van der Waals surface area (Å²) in [5.41, 5.74) is 0.649. The molecule has 1 unspecified atom stereocenters. The van der Waals surface area contributed by atoms with Gasteiger partial charge in [0.1, 0.15) is 0 Å². The summed E-state index contributed by atoms with van der Waals surface area (Å²) in [4.78, 5) is 0. The zero-order valence-corrected chi connectivity index (χ0v) is 11.3. The predicted octanol–water partition coefficient (Wildman–Crippen LogP) is -0.461. The van der Waals surface area contributed by atoms with Crippen LogP contribution in [0.3, 0.4) is 0 Å².